The van der Waals surface area contributed by atoms with Gasteiger partial charge in [-0.25, -0.2) is 13.1 Å². The highest BCUT2D eigenvalue weighted by Crippen LogP contribution is 2.25. The minimum absolute atomic E-state index is 0. The van der Waals surface area contributed by atoms with Crippen LogP contribution in [0.15, 0.2) is 29.2 Å². The molecule has 0 fully saturated rings. The van der Waals surface area contributed by atoms with Gasteiger partial charge >= 0.3 is 6.36 Å². The zero-order chi connectivity index (χ0) is 17.0. The Labute approximate surface area is 139 Å². The summed E-state index contributed by atoms with van der Waals surface area (Å²) in [5.74, 6) is -0.375. The first-order valence-corrected chi connectivity index (χ1v) is 8.10. The minimum atomic E-state index is -4.88. The van der Waals surface area contributed by atoms with Crippen LogP contribution in [0.5, 0.6) is 5.75 Å². The van der Waals surface area contributed by atoms with Gasteiger partial charge in [0, 0.05) is 18.7 Å². The van der Waals surface area contributed by atoms with E-state index in [2.05, 4.69) is 9.46 Å². The largest absolute Gasteiger partial charge is 0.573 e. The van der Waals surface area contributed by atoms with Crippen LogP contribution in [0.25, 0.3) is 0 Å². The normalized spacial score (nSPS) is 13.5. The SMILES string of the molecule is CC(C)CC(CN)NS(=O)(=O)c1cccc(OC(F)(F)F)c1.Cl. The van der Waals surface area contributed by atoms with Crippen molar-refractivity contribution in [1.29, 1.82) is 0 Å². The topological polar surface area (TPSA) is 81.4 Å². The molecular weight excluding hydrogens is 357 g/mol. The molecule has 134 valence electrons. The summed E-state index contributed by atoms with van der Waals surface area (Å²) in [6.45, 7) is 3.92. The first kappa shape index (κ1) is 22.0. The molecule has 0 bridgehead atoms. The number of benzene rings is 1. The molecule has 23 heavy (non-hydrogen) atoms. The van der Waals surface area contributed by atoms with Crippen LogP contribution < -0.4 is 15.2 Å². The number of hydrogen-bond acceptors (Lipinski definition) is 4. The predicted octanol–water partition coefficient (Wildman–Crippen LogP) is 2.66. The molecule has 0 heterocycles. The first-order chi connectivity index (χ1) is 10.0. The van der Waals surface area contributed by atoms with Crippen LogP contribution in [0.2, 0.25) is 0 Å². The lowest BCUT2D eigenvalue weighted by Crippen LogP contribution is -2.40. The zero-order valence-electron chi connectivity index (χ0n) is 12.6. The van der Waals surface area contributed by atoms with Crippen molar-refractivity contribution in [2.24, 2.45) is 11.7 Å². The summed E-state index contributed by atoms with van der Waals surface area (Å²) in [6.07, 6.45) is -4.36. The Morgan fingerprint density at radius 1 is 1.30 bits per heavy atom. The lowest BCUT2D eigenvalue weighted by molar-refractivity contribution is -0.274. The van der Waals surface area contributed by atoms with E-state index in [4.69, 9.17) is 5.73 Å². The molecule has 0 saturated heterocycles. The van der Waals surface area contributed by atoms with E-state index in [-0.39, 0.29) is 29.8 Å². The van der Waals surface area contributed by atoms with Gasteiger partial charge in [0.1, 0.15) is 5.75 Å². The molecule has 1 rings (SSSR count). The highest BCUT2D eigenvalue weighted by molar-refractivity contribution is 7.89. The van der Waals surface area contributed by atoms with Crippen molar-refractivity contribution in [3.8, 4) is 5.75 Å². The third kappa shape index (κ3) is 7.87. The van der Waals surface area contributed by atoms with Crippen molar-refractivity contribution in [2.45, 2.75) is 37.6 Å². The number of sulfonamides is 1. The standard InChI is InChI=1S/C13H19F3N2O3S.ClH/c1-9(2)6-10(8-17)18-22(19,20)12-5-3-4-11(7-12)21-13(14,15)16;/h3-5,7,9-10,18H,6,8,17H2,1-2H3;1H. The monoisotopic (exact) mass is 376 g/mol. The smallest absolute Gasteiger partial charge is 0.406 e. The third-order valence-corrected chi connectivity index (χ3v) is 4.23. The van der Waals surface area contributed by atoms with E-state index >= 15 is 0 Å². The summed E-state index contributed by atoms with van der Waals surface area (Å²) in [5.41, 5.74) is 5.52. The van der Waals surface area contributed by atoms with Gasteiger partial charge in [-0.3, -0.25) is 0 Å². The summed E-state index contributed by atoms with van der Waals surface area (Å²) >= 11 is 0. The Bertz CT molecular complexity index is 594. The fourth-order valence-corrected chi connectivity index (χ4v) is 3.18. The molecule has 0 aliphatic rings. The van der Waals surface area contributed by atoms with E-state index in [1.54, 1.807) is 0 Å². The molecule has 0 aliphatic heterocycles. The second kappa shape index (κ2) is 8.72. The van der Waals surface area contributed by atoms with Crippen molar-refractivity contribution in [3.05, 3.63) is 24.3 Å². The quantitative estimate of drug-likeness (QED) is 0.766. The van der Waals surface area contributed by atoms with Gasteiger partial charge in [0.2, 0.25) is 10.0 Å². The Morgan fingerprint density at radius 3 is 2.39 bits per heavy atom. The molecular formula is C13H20ClF3N2O3S. The average Bonchev–Trinajstić information content (AvgIpc) is 2.35. The highest BCUT2D eigenvalue weighted by atomic mass is 35.5. The molecule has 5 nitrogen and oxygen atoms in total. The van der Waals surface area contributed by atoms with E-state index in [0.29, 0.717) is 6.42 Å². The van der Waals surface area contributed by atoms with Crippen LogP contribution in [0.4, 0.5) is 13.2 Å². The number of halogens is 4. The van der Waals surface area contributed by atoms with E-state index in [1.807, 2.05) is 13.8 Å². The van der Waals surface area contributed by atoms with Crippen LogP contribution in [0.3, 0.4) is 0 Å². The predicted molar refractivity (Wildman–Crippen MR) is 83.0 cm³/mol. The van der Waals surface area contributed by atoms with E-state index in [0.717, 1.165) is 12.1 Å². The molecule has 1 unspecified atom stereocenters. The molecule has 0 aliphatic carbocycles. The van der Waals surface area contributed by atoms with Gasteiger partial charge in [0.05, 0.1) is 4.90 Å². The third-order valence-electron chi connectivity index (χ3n) is 2.71. The van der Waals surface area contributed by atoms with Crippen molar-refractivity contribution < 1.29 is 26.3 Å². The fraction of sp³-hybridized carbons (Fsp3) is 0.538. The molecule has 0 amide bonds. The summed E-state index contributed by atoms with van der Waals surface area (Å²) in [5, 5.41) is 0. The lowest BCUT2D eigenvalue weighted by atomic mass is 10.1. The van der Waals surface area contributed by atoms with Gasteiger partial charge in [-0.05, 0) is 24.5 Å². The number of ether oxygens (including phenoxy) is 1. The molecule has 1 aromatic rings. The van der Waals surface area contributed by atoms with Crippen LogP contribution >= 0.6 is 12.4 Å². The summed E-state index contributed by atoms with van der Waals surface area (Å²) in [4.78, 5) is -0.309. The van der Waals surface area contributed by atoms with Crippen LogP contribution in [0, 0.1) is 5.92 Å². The molecule has 1 atom stereocenters. The molecule has 0 radical (unpaired) electrons. The molecule has 10 heteroatoms. The van der Waals surface area contributed by atoms with Crippen molar-refractivity contribution >= 4 is 22.4 Å². The van der Waals surface area contributed by atoms with Crippen LogP contribution in [-0.4, -0.2) is 27.4 Å². The zero-order valence-corrected chi connectivity index (χ0v) is 14.3. The second-order valence-electron chi connectivity index (χ2n) is 5.21. The number of nitrogens with two attached hydrogens (primary N) is 1. The van der Waals surface area contributed by atoms with Gasteiger partial charge in [-0.2, -0.15) is 0 Å². The van der Waals surface area contributed by atoms with E-state index in [9.17, 15) is 21.6 Å². The molecule has 3 N–H and O–H groups in total. The molecule has 0 spiro atoms. The maximum atomic E-state index is 12.2. The lowest BCUT2D eigenvalue weighted by Gasteiger charge is -2.19. The Morgan fingerprint density at radius 2 is 1.91 bits per heavy atom. The highest BCUT2D eigenvalue weighted by Gasteiger charge is 2.31. The average molecular weight is 377 g/mol. The van der Waals surface area contributed by atoms with E-state index < -0.39 is 28.2 Å². The van der Waals surface area contributed by atoms with Gasteiger partial charge in [-0.1, -0.05) is 19.9 Å². The van der Waals surface area contributed by atoms with Gasteiger partial charge < -0.3 is 10.5 Å². The van der Waals surface area contributed by atoms with Gasteiger partial charge in [0.15, 0.2) is 0 Å². The van der Waals surface area contributed by atoms with Gasteiger partial charge in [0.25, 0.3) is 0 Å². The number of alkyl halides is 3. The van der Waals surface area contributed by atoms with Crippen LogP contribution in [-0.2, 0) is 10.0 Å². The Kier molecular flexibility index (Phi) is 8.33. The van der Waals surface area contributed by atoms with Crippen molar-refractivity contribution in [1.82, 2.24) is 4.72 Å². The summed E-state index contributed by atoms with van der Waals surface area (Å²) in [7, 11) is -3.97. The first-order valence-electron chi connectivity index (χ1n) is 6.61. The Hall–Kier alpha value is -1.03. The second-order valence-corrected chi connectivity index (χ2v) is 6.92. The Balaban J connectivity index is 0.00000484. The molecule has 0 aromatic heterocycles. The fourth-order valence-electron chi connectivity index (χ4n) is 1.89. The van der Waals surface area contributed by atoms with Crippen molar-refractivity contribution in [2.75, 3.05) is 6.54 Å². The number of hydrogen-bond donors (Lipinski definition) is 2. The minimum Gasteiger partial charge on any atom is -0.406 e. The maximum absolute atomic E-state index is 12.2. The van der Waals surface area contributed by atoms with E-state index in [1.165, 1.54) is 12.1 Å². The molecule has 0 saturated carbocycles. The molecule has 1 aromatic carbocycles. The number of nitrogens with one attached hydrogen (secondary N) is 1. The number of rotatable bonds is 7. The van der Waals surface area contributed by atoms with Crippen LogP contribution in [0.1, 0.15) is 20.3 Å². The van der Waals surface area contributed by atoms with Gasteiger partial charge in [-0.15, -0.1) is 25.6 Å². The van der Waals surface area contributed by atoms with Crippen molar-refractivity contribution in [3.63, 3.8) is 0 Å². The summed E-state index contributed by atoms with van der Waals surface area (Å²) < 4.78 is 67.0. The maximum Gasteiger partial charge on any atom is 0.573 e. The summed E-state index contributed by atoms with van der Waals surface area (Å²) in [6, 6.07) is 3.72.